The maximum Gasteiger partial charge on any atom is 0.152 e. The van der Waals surface area contributed by atoms with Crippen molar-refractivity contribution in [3.05, 3.63) is 47.7 Å². The van der Waals surface area contributed by atoms with Gasteiger partial charge in [-0.25, -0.2) is 4.39 Å². The monoisotopic (exact) mass is 255 g/mol. The number of aromatic nitrogens is 3. The largest absolute Gasteiger partial charge is 0.298 e. The molecule has 3 aromatic rings. The lowest BCUT2D eigenvalue weighted by atomic mass is 10.0. The molecule has 3 rings (SSSR count). The number of aldehydes is 1. The molecule has 2 heterocycles. The Hall–Kier alpha value is -2.56. The minimum atomic E-state index is -0.393. The molecule has 0 saturated heterocycles. The van der Waals surface area contributed by atoms with Crippen molar-refractivity contribution in [3.8, 4) is 11.1 Å². The zero-order chi connectivity index (χ0) is 13.4. The minimum Gasteiger partial charge on any atom is -0.298 e. The first-order valence-electron chi connectivity index (χ1n) is 5.74. The lowest BCUT2D eigenvalue weighted by molar-refractivity contribution is 0.112. The smallest absolute Gasteiger partial charge is 0.152 e. The van der Waals surface area contributed by atoms with Crippen molar-refractivity contribution in [2.24, 2.45) is 0 Å². The highest BCUT2D eigenvalue weighted by atomic mass is 19.1. The molecule has 94 valence electrons. The van der Waals surface area contributed by atoms with Gasteiger partial charge in [0.1, 0.15) is 5.82 Å². The number of hydrogen-bond acceptors (Lipinski definition) is 3. The minimum absolute atomic E-state index is 0.336. The molecule has 19 heavy (non-hydrogen) atoms. The van der Waals surface area contributed by atoms with Crippen LogP contribution in [0.1, 0.15) is 16.1 Å². The summed E-state index contributed by atoms with van der Waals surface area (Å²) in [4.78, 5) is 15.1. The number of aryl methyl sites for hydroxylation is 1. The molecule has 0 fully saturated rings. The van der Waals surface area contributed by atoms with Gasteiger partial charge in [0.05, 0.1) is 11.7 Å². The predicted molar refractivity (Wildman–Crippen MR) is 69.4 cm³/mol. The van der Waals surface area contributed by atoms with Gasteiger partial charge in [-0.2, -0.15) is 5.10 Å². The van der Waals surface area contributed by atoms with E-state index in [1.54, 1.807) is 18.5 Å². The van der Waals surface area contributed by atoms with E-state index in [0.29, 0.717) is 22.8 Å². The molecular weight excluding hydrogens is 245 g/mol. The zero-order valence-corrected chi connectivity index (χ0v) is 10.1. The number of aromatic amines is 1. The van der Waals surface area contributed by atoms with Crippen LogP contribution in [-0.2, 0) is 0 Å². The maximum absolute atomic E-state index is 13.8. The van der Waals surface area contributed by atoms with Crippen LogP contribution in [0.15, 0.2) is 30.6 Å². The third-order valence-electron chi connectivity index (χ3n) is 3.10. The Kier molecular flexibility index (Phi) is 2.59. The molecule has 0 aliphatic rings. The molecular formula is C14H10FN3O. The quantitative estimate of drug-likeness (QED) is 0.716. The number of carbonyl (C=O) groups is 1. The topological polar surface area (TPSA) is 58.6 Å². The number of rotatable bonds is 2. The van der Waals surface area contributed by atoms with Gasteiger partial charge in [0.25, 0.3) is 0 Å². The van der Waals surface area contributed by atoms with E-state index in [1.165, 1.54) is 12.1 Å². The highest BCUT2D eigenvalue weighted by Gasteiger charge is 2.10. The number of nitrogens with zero attached hydrogens (tertiary/aromatic N) is 2. The summed E-state index contributed by atoms with van der Waals surface area (Å²) in [7, 11) is 0. The van der Waals surface area contributed by atoms with E-state index >= 15 is 0 Å². The molecule has 0 unspecified atom stereocenters. The van der Waals surface area contributed by atoms with Crippen LogP contribution in [-0.4, -0.2) is 21.5 Å². The fraction of sp³-hybridized carbons (Fsp3) is 0.0714. The summed E-state index contributed by atoms with van der Waals surface area (Å²) in [5.74, 6) is -0.393. The van der Waals surface area contributed by atoms with Crippen molar-refractivity contribution in [1.29, 1.82) is 0 Å². The Balaban J connectivity index is 2.30. The molecule has 5 heteroatoms. The number of H-pyrrole nitrogens is 1. The fourth-order valence-electron chi connectivity index (χ4n) is 2.09. The number of fused-ring (bicyclic) bond motifs is 1. The molecule has 4 nitrogen and oxygen atoms in total. The van der Waals surface area contributed by atoms with E-state index < -0.39 is 5.82 Å². The Labute approximate surface area is 108 Å². The Morgan fingerprint density at radius 1 is 1.32 bits per heavy atom. The van der Waals surface area contributed by atoms with E-state index in [4.69, 9.17) is 0 Å². The SMILES string of the molecule is Cc1[nH]ncc1-c1cnc2c(C=O)ccc(F)c2c1. The number of benzene rings is 1. The molecule has 0 atom stereocenters. The summed E-state index contributed by atoms with van der Waals surface area (Å²) >= 11 is 0. The van der Waals surface area contributed by atoms with Crippen molar-refractivity contribution >= 4 is 17.2 Å². The number of nitrogens with one attached hydrogen (secondary N) is 1. The first-order chi connectivity index (χ1) is 9.20. The molecule has 0 amide bonds. The molecule has 0 saturated carbocycles. The second-order valence-electron chi connectivity index (χ2n) is 4.28. The predicted octanol–water partition coefficient (Wildman–Crippen LogP) is 2.88. The summed E-state index contributed by atoms with van der Waals surface area (Å²) in [6.45, 7) is 1.88. The third kappa shape index (κ3) is 1.79. The summed E-state index contributed by atoms with van der Waals surface area (Å²) in [5.41, 5.74) is 3.27. The fourth-order valence-corrected chi connectivity index (χ4v) is 2.09. The maximum atomic E-state index is 13.8. The molecule has 0 radical (unpaired) electrons. The lowest BCUT2D eigenvalue weighted by Crippen LogP contribution is -1.91. The molecule has 0 spiro atoms. The van der Waals surface area contributed by atoms with Crippen molar-refractivity contribution in [2.75, 3.05) is 0 Å². The van der Waals surface area contributed by atoms with Crippen LogP contribution in [0.4, 0.5) is 4.39 Å². The van der Waals surface area contributed by atoms with Crippen LogP contribution in [0.2, 0.25) is 0 Å². The normalized spacial score (nSPS) is 10.8. The highest BCUT2D eigenvalue weighted by molar-refractivity contribution is 5.97. The second kappa shape index (κ2) is 4.28. The number of pyridine rings is 1. The van der Waals surface area contributed by atoms with Crippen LogP contribution >= 0.6 is 0 Å². The average molecular weight is 255 g/mol. The summed E-state index contributed by atoms with van der Waals surface area (Å²) in [5, 5.41) is 7.09. The van der Waals surface area contributed by atoms with Gasteiger partial charge in [-0.3, -0.25) is 14.9 Å². The number of hydrogen-bond donors (Lipinski definition) is 1. The standard InChI is InChI=1S/C14H10FN3O/c1-8-12(6-17-18-8)10-4-11-13(15)3-2-9(7-19)14(11)16-5-10/h2-7H,1H3,(H,17,18). The Bertz CT molecular complexity index is 779. The van der Waals surface area contributed by atoms with E-state index in [9.17, 15) is 9.18 Å². The third-order valence-corrected chi connectivity index (χ3v) is 3.10. The molecule has 0 aliphatic carbocycles. The van der Waals surface area contributed by atoms with Gasteiger partial charge in [-0.05, 0) is 25.1 Å². The van der Waals surface area contributed by atoms with Gasteiger partial charge in [-0.15, -0.1) is 0 Å². The van der Waals surface area contributed by atoms with Crippen LogP contribution in [0.3, 0.4) is 0 Å². The van der Waals surface area contributed by atoms with Crippen LogP contribution in [0, 0.1) is 12.7 Å². The van der Waals surface area contributed by atoms with E-state index in [1.807, 2.05) is 6.92 Å². The first kappa shape index (κ1) is 11.5. The number of halogens is 1. The van der Waals surface area contributed by atoms with Crippen molar-refractivity contribution in [3.63, 3.8) is 0 Å². The summed E-state index contributed by atoms with van der Waals surface area (Å²) in [6.07, 6.45) is 3.96. The summed E-state index contributed by atoms with van der Waals surface area (Å²) < 4.78 is 13.8. The molecule has 0 bridgehead atoms. The molecule has 1 N–H and O–H groups in total. The van der Waals surface area contributed by atoms with Crippen LogP contribution in [0.25, 0.3) is 22.0 Å². The van der Waals surface area contributed by atoms with E-state index in [-0.39, 0.29) is 0 Å². The van der Waals surface area contributed by atoms with Crippen LogP contribution < -0.4 is 0 Å². The second-order valence-corrected chi connectivity index (χ2v) is 4.28. The molecule has 2 aromatic heterocycles. The van der Waals surface area contributed by atoms with Crippen molar-refractivity contribution < 1.29 is 9.18 Å². The van der Waals surface area contributed by atoms with Gasteiger partial charge in [0.15, 0.2) is 6.29 Å². The Morgan fingerprint density at radius 2 is 2.16 bits per heavy atom. The van der Waals surface area contributed by atoms with Crippen molar-refractivity contribution in [2.45, 2.75) is 6.92 Å². The van der Waals surface area contributed by atoms with Gasteiger partial charge >= 0.3 is 0 Å². The average Bonchev–Trinajstić information content (AvgIpc) is 2.85. The van der Waals surface area contributed by atoms with E-state index in [0.717, 1.165) is 16.8 Å². The van der Waals surface area contributed by atoms with E-state index in [2.05, 4.69) is 15.2 Å². The van der Waals surface area contributed by atoms with Gasteiger partial charge in [0, 0.05) is 34.0 Å². The molecule has 1 aromatic carbocycles. The lowest BCUT2D eigenvalue weighted by Gasteiger charge is -2.05. The van der Waals surface area contributed by atoms with Crippen LogP contribution in [0.5, 0.6) is 0 Å². The van der Waals surface area contributed by atoms with Gasteiger partial charge in [0.2, 0.25) is 0 Å². The van der Waals surface area contributed by atoms with Gasteiger partial charge in [-0.1, -0.05) is 0 Å². The first-order valence-corrected chi connectivity index (χ1v) is 5.74. The van der Waals surface area contributed by atoms with Crippen molar-refractivity contribution in [1.82, 2.24) is 15.2 Å². The highest BCUT2D eigenvalue weighted by Crippen LogP contribution is 2.26. The summed E-state index contributed by atoms with van der Waals surface area (Å²) in [6, 6.07) is 4.39. The number of carbonyl (C=O) groups excluding carboxylic acids is 1. The zero-order valence-electron chi connectivity index (χ0n) is 10.1. The molecule has 0 aliphatic heterocycles. The van der Waals surface area contributed by atoms with Gasteiger partial charge < -0.3 is 0 Å². The Morgan fingerprint density at radius 3 is 2.84 bits per heavy atom.